The Morgan fingerprint density at radius 2 is 2.00 bits per heavy atom. The summed E-state index contributed by atoms with van der Waals surface area (Å²) in [6.45, 7) is 0.795. The van der Waals surface area contributed by atoms with E-state index in [-0.39, 0.29) is 11.8 Å². The Labute approximate surface area is 131 Å². The quantitative estimate of drug-likeness (QED) is 0.815. The van der Waals surface area contributed by atoms with Crippen LogP contribution in [0, 0.1) is 17.8 Å². The minimum absolute atomic E-state index is 0.205. The van der Waals surface area contributed by atoms with Crippen molar-refractivity contribution in [2.45, 2.75) is 56.6 Å². The molecule has 0 saturated heterocycles. The van der Waals surface area contributed by atoms with E-state index in [1.54, 1.807) is 19.0 Å². The van der Waals surface area contributed by atoms with Gasteiger partial charge >= 0.3 is 0 Å². The lowest BCUT2D eigenvalue weighted by Gasteiger charge is -2.29. The third-order valence-corrected chi connectivity index (χ3v) is 6.35. The van der Waals surface area contributed by atoms with E-state index in [0.717, 1.165) is 38.2 Å². The molecule has 0 radical (unpaired) electrons. The Balaban J connectivity index is 1.41. The lowest BCUT2D eigenvalue weighted by Crippen LogP contribution is -2.32. The molecule has 4 nitrogen and oxygen atoms in total. The Bertz CT molecular complexity index is 405. The molecule has 2 atom stereocenters. The van der Waals surface area contributed by atoms with E-state index in [1.807, 2.05) is 0 Å². The molecule has 0 bridgehead atoms. The number of hydrogen-bond acceptors (Lipinski definition) is 4. The molecule has 1 N–H and O–H groups in total. The molecular weight excluding hydrogens is 284 g/mol. The first kappa shape index (κ1) is 15.2. The molecule has 3 aliphatic rings. The average molecular weight is 310 g/mol. The molecule has 1 heterocycles. The Morgan fingerprint density at radius 1 is 1.24 bits per heavy atom. The highest BCUT2D eigenvalue weighted by atomic mass is 32.2. The summed E-state index contributed by atoms with van der Waals surface area (Å²) in [7, 11) is 1.73. The van der Waals surface area contributed by atoms with Gasteiger partial charge in [-0.25, -0.2) is 0 Å². The van der Waals surface area contributed by atoms with Gasteiger partial charge in [0.05, 0.1) is 6.61 Å². The summed E-state index contributed by atoms with van der Waals surface area (Å²) in [4.78, 5) is 11.6. The first-order valence-corrected chi connectivity index (χ1v) is 9.19. The van der Waals surface area contributed by atoms with Crippen molar-refractivity contribution in [1.29, 1.82) is 0 Å². The third-order valence-electron chi connectivity index (χ3n) is 5.23. The smallest absolute Gasteiger partial charge is 0.222 e. The van der Waals surface area contributed by atoms with Crippen molar-refractivity contribution in [2.24, 2.45) is 22.2 Å². The van der Waals surface area contributed by atoms with Crippen molar-refractivity contribution >= 4 is 23.8 Å². The van der Waals surface area contributed by atoms with Crippen molar-refractivity contribution in [3.8, 4) is 0 Å². The molecule has 2 fully saturated rings. The second-order valence-corrected chi connectivity index (χ2v) is 7.61. The van der Waals surface area contributed by atoms with Gasteiger partial charge in [0.2, 0.25) is 5.91 Å². The molecule has 118 valence electrons. The van der Waals surface area contributed by atoms with Crippen molar-refractivity contribution in [3.05, 3.63) is 0 Å². The summed E-state index contributed by atoms with van der Waals surface area (Å²) < 4.78 is 10.6. The van der Waals surface area contributed by atoms with Gasteiger partial charge in [-0.05, 0) is 56.4 Å². The number of nitrogens with one attached hydrogen (secondary N) is 1. The van der Waals surface area contributed by atoms with E-state index in [9.17, 15) is 4.79 Å². The monoisotopic (exact) mass is 310 g/mol. The second-order valence-electron chi connectivity index (χ2n) is 6.61. The van der Waals surface area contributed by atoms with Crippen LogP contribution in [0.3, 0.4) is 0 Å². The zero-order chi connectivity index (χ0) is 14.7. The number of hydrogen-bond donors (Lipinski definition) is 1. The van der Waals surface area contributed by atoms with Crippen molar-refractivity contribution in [1.82, 2.24) is 5.32 Å². The van der Waals surface area contributed by atoms with E-state index in [0.29, 0.717) is 17.1 Å². The maximum absolute atomic E-state index is 11.6. The van der Waals surface area contributed by atoms with Crippen molar-refractivity contribution < 1.29 is 9.53 Å². The Kier molecular flexibility index (Phi) is 5.09. The Morgan fingerprint density at radius 3 is 2.76 bits per heavy atom. The summed E-state index contributed by atoms with van der Waals surface area (Å²) >= 11 is 1.74. The molecule has 0 spiro atoms. The molecule has 3 rings (SSSR count). The molecule has 2 unspecified atom stereocenters. The van der Waals surface area contributed by atoms with Crippen LogP contribution in [0.2, 0.25) is 0 Å². The van der Waals surface area contributed by atoms with Gasteiger partial charge in [-0.1, -0.05) is 12.8 Å². The highest BCUT2D eigenvalue weighted by Crippen LogP contribution is 2.41. The van der Waals surface area contributed by atoms with Crippen LogP contribution in [0.15, 0.2) is 4.40 Å². The van der Waals surface area contributed by atoms with Gasteiger partial charge < -0.3 is 10.1 Å². The zero-order valence-electron chi connectivity index (χ0n) is 12.8. The van der Waals surface area contributed by atoms with Crippen LogP contribution in [-0.4, -0.2) is 30.7 Å². The van der Waals surface area contributed by atoms with Crippen LogP contribution in [-0.2, 0) is 9.53 Å². The number of rotatable bonds is 3. The van der Waals surface area contributed by atoms with E-state index in [4.69, 9.17) is 4.74 Å². The lowest BCUT2D eigenvalue weighted by atomic mass is 9.82. The van der Waals surface area contributed by atoms with Crippen LogP contribution in [0.5, 0.6) is 0 Å². The minimum atomic E-state index is 0.205. The predicted octanol–water partition coefficient (Wildman–Crippen LogP) is 3.17. The minimum Gasteiger partial charge on any atom is -0.480 e. The number of carbonyl (C=O) groups is 1. The topological polar surface area (TPSA) is 50.7 Å². The second kappa shape index (κ2) is 7.03. The van der Waals surface area contributed by atoms with E-state index in [2.05, 4.69) is 9.71 Å². The number of carbonyl (C=O) groups excluding carboxylic acids is 1. The molecular formula is C16H26N2O2S. The normalized spacial score (nSPS) is 35.8. The van der Waals surface area contributed by atoms with Gasteiger partial charge in [0.25, 0.3) is 0 Å². The van der Waals surface area contributed by atoms with E-state index in [1.165, 1.54) is 25.7 Å². The molecule has 2 aliphatic carbocycles. The van der Waals surface area contributed by atoms with Crippen LogP contribution in [0.25, 0.3) is 0 Å². The molecule has 0 aromatic heterocycles. The van der Waals surface area contributed by atoms with Crippen molar-refractivity contribution in [2.75, 3.05) is 13.7 Å². The highest BCUT2D eigenvalue weighted by molar-refractivity contribution is 7.99. The van der Waals surface area contributed by atoms with E-state index >= 15 is 0 Å². The van der Waals surface area contributed by atoms with Gasteiger partial charge in [-0.2, -0.15) is 4.40 Å². The first-order chi connectivity index (χ1) is 10.3. The number of ether oxygens (including phenoxy) is 1. The summed E-state index contributed by atoms with van der Waals surface area (Å²) in [5.41, 5.74) is 0. The summed E-state index contributed by atoms with van der Waals surface area (Å²) in [5.74, 6) is 2.61. The van der Waals surface area contributed by atoms with Gasteiger partial charge in [-0.3, -0.25) is 4.79 Å². The number of amides is 1. The maximum atomic E-state index is 11.6. The molecule has 5 heteroatoms. The Hall–Kier alpha value is -0.710. The third kappa shape index (κ3) is 3.55. The van der Waals surface area contributed by atoms with Gasteiger partial charge in [0.1, 0.15) is 0 Å². The maximum Gasteiger partial charge on any atom is 0.222 e. The van der Waals surface area contributed by atoms with Gasteiger partial charge in [0.15, 0.2) is 5.90 Å². The van der Waals surface area contributed by atoms with Gasteiger partial charge in [0, 0.05) is 24.1 Å². The highest BCUT2D eigenvalue weighted by Gasteiger charge is 2.36. The summed E-state index contributed by atoms with van der Waals surface area (Å²) in [6.07, 6.45) is 9.42. The molecule has 1 amide bonds. The van der Waals surface area contributed by atoms with Crippen LogP contribution in [0.4, 0.5) is 0 Å². The summed E-state index contributed by atoms with van der Waals surface area (Å²) in [6, 6.07) is 0. The SMILES string of the molecule is CNC(=O)C1CCC(COC2=NSC3CCCCC23)CC1. The predicted molar refractivity (Wildman–Crippen MR) is 86.2 cm³/mol. The van der Waals surface area contributed by atoms with Crippen molar-refractivity contribution in [3.63, 3.8) is 0 Å². The summed E-state index contributed by atoms with van der Waals surface area (Å²) in [5, 5.41) is 3.44. The number of nitrogens with zero attached hydrogens (tertiary/aromatic N) is 1. The standard InChI is InChI=1S/C16H26N2O2S/c1-17-15(19)12-8-6-11(7-9-12)10-20-16-13-4-2-3-5-14(13)21-18-16/h11-14H,2-10H2,1H3,(H,17,19). The molecule has 1 aliphatic heterocycles. The first-order valence-electron chi connectivity index (χ1n) is 8.36. The van der Waals surface area contributed by atoms with Crippen LogP contribution >= 0.6 is 11.9 Å². The molecule has 2 saturated carbocycles. The zero-order valence-corrected chi connectivity index (χ0v) is 13.7. The molecule has 21 heavy (non-hydrogen) atoms. The number of fused-ring (bicyclic) bond motifs is 1. The van der Waals surface area contributed by atoms with Crippen LogP contribution < -0.4 is 5.32 Å². The molecule has 0 aromatic carbocycles. The fourth-order valence-corrected chi connectivity index (χ4v) is 4.92. The lowest BCUT2D eigenvalue weighted by molar-refractivity contribution is -0.125. The van der Waals surface area contributed by atoms with E-state index < -0.39 is 0 Å². The average Bonchev–Trinajstić information content (AvgIpc) is 2.96. The fourth-order valence-electron chi connectivity index (χ4n) is 3.82. The molecule has 0 aromatic rings. The fraction of sp³-hybridized carbons (Fsp3) is 0.875. The van der Waals surface area contributed by atoms with Crippen LogP contribution in [0.1, 0.15) is 51.4 Å². The largest absolute Gasteiger partial charge is 0.480 e. The van der Waals surface area contributed by atoms with Gasteiger partial charge in [-0.15, -0.1) is 0 Å².